The van der Waals surface area contributed by atoms with E-state index in [1.165, 1.54) is 30.8 Å². The van der Waals surface area contributed by atoms with Crippen LogP contribution in [0.3, 0.4) is 0 Å². The van der Waals surface area contributed by atoms with E-state index in [9.17, 15) is 0 Å². The number of hydrogen-bond acceptors (Lipinski definition) is 2. The fraction of sp³-hybridized carbons (Fsp3) is 0.625. The maximum absolute atomic E-state index is 3.50. The summed E-state index contributed by atoms with van der Waals surface area (Å²) in [5.41, 5.74) is 2.55. The third-order valence-corrected chi connectivity index (χ3v) is 4.23. The van der Waals surface area contributed by atoms with Crippen molar-refractivity contribution in [2.75, 3.05) is 31.5 Å². The molecule has 1 N–H and O–H groups in total. The standard InChI is InChI=1S/C16H26N2/c1-13-4-6-16(7-5-13)17-9-11-18-10-8-14(2)15(3)12-18/h4-7,14-15,17H,8-12H2,1-3H3. The van der Waals surface area contributed by atoms with Gasteiger partial charge in [-0.05, 0) is 43.9 Å². The summed E-state index contributed by atoms with van der Waals surface area (Å²) in [5, 5.41) is 3.50. The Morgan fingerprint density at radius 1 is 1.17 bits per heavy atom. The van der Waals surface area contributed by atoms with Crippen molar-refractivity contribution in [3.63, 3.8) is 0 Å². The number of rotatable bonds is 4. The monoisotopic (exact) mass is 246 g/mol. The molecule has 1 heterocycles. The fourth-order valence-electron chi connectivity index (χ4n) is 2.58. The van der Waals surface area contributed by atoms with Gasteiger partial charge < -0.3 is 10.2 Å². The van der Waals surface area contributed by atoms with Gasteiger partial charge in [0, 0.05) is 25.3 Å². The van der Waals surface area contributed by atoms with Gasteiger partial charge in [0.15, 0.2) is 0 Å². The number of aryl methyl sites for hydroxylation is 1. The van der Waals surface area contributed by atoms with E-state index >= 15 is 0 Å². The molecule has 100 valence electrons. The Balaban J connectivity index is 1.71. The molecule has 0 spiro atoms. The summed E-state index contributed by atoms with van der Waals surface area (Å²) >= 11 is 0. The van der Waals surface area contributed by atoms with Gasteiger partial charge >= 0.3 is 0 Å². The molecule has 1 fully saturated rings. The highest BCUT2D eigenvalue weighted by Crippen LogP contribution is 2.21. The molecule has 2 heteroatoms. The predicted octanol–water partition coefficient (Wildman–Crippen LogP) is 3.38. The molecule has 0 aromatic heterocycles. The molecule has 0 aliphatic carbocycles. The Morgan fingerprint density at radius 3 is 2.56 bits per heavy atom. The van der Waals surface area contributed by atoms with Gasteiger partial charge in [-0.25, -0.2) is 0 Å². The Hall–Kier alpha value is -1.02. The highest BCUT2D eigenvalue weighted by atomic mass is 15.1. The van der Waals surface area contributed by atoms with E-state index in [4.69, 9.17) is 0 Å². The smallest absolute Gasteiger partial charge is 0.0340 e. The highest BCUT2D eigenvalue weighted by Gasteiger charge is 2.21. The first-order valence-corrected chi connectivity index (χ1v) is 7.18. The summed E-state index contributed by atoms with van der Waals surface area (Å²) in [6, 6.07) is 8.65. The SMILES string of the molecule is Cc1ccc(NCCN2CCC(C)C(C)C2)cc1. The molecule has 1 aromatic carbocycles. The van der Waals surface area contributed by atoms with Crippen LogP contribution in [-0.2, 0) is 0 Å². The van der Waals surface area contributed by atoms with Gasteiger partial charge in [0.05, 0.1) is 0 Å². The molecule has 1 aliphatic rings. The molecule has 0 bridgehead atoms. The van der Waals surface area contributed by atoms with Gasteiger partial charge in [-0.15, -0.1) is 0 Å². The minimum absolute atomic E-state index is 0.845. The first-order valence-electron chi connectivity index (χ1n) is 7.18. The van der Waals surface area contributed by atoms with Crippen molar-refractivity contribution >= 4 is 5.69 Å². The summed E-state index contributed by atoms with van der Waals surface area (Å²) in [4.78, 5) is 2.59. The number of anilines is 1. The molecule has 2 nitrogen and oxygen atoms in total. The minimum atomic E-state index is 0.845. The molecular weight excluding hydrogens is 220 g/mol. The molecule has 0 amide bonds. The number of benzene rings is 1. The van der Waals surface area contributed by atoms with Gasteiger partial charge in [-0.3, -0.25) is 0 Å². The summed E-state index contributed by atoms with van der Waals surface area (Å²) in [6.07, 6.45) is 1.35. The second-order valence-corrected chi connectivity index (χ2v) is 5.84. The lowest BCUT2D eigenvalue weighted by molar-refractivity contribution is 0.143. The minimum Gasteiger partial charge on any atom is -0.384 e. The van der Waals surface area contributed by atoms with Crippen LogP contribution >= 0.6 is 0 Å². The van der Waals surface area contributed by atoms with Crippen molar-refractivity contribution in [1.29, 1.82) is 0 Å². The van der Waals surface area contributed by atoms with Crippen LogP contribution < -0.4 is 5.32 Å². The molecular formula is C16H26N2. The lowest BCUT2D eigenvalue weighted by Gasteiger charge is -2.35. The van der Waals surface area contributed by atoms with Gasteiger partial charge in [-0.2, -0.15) is 0 Å². The van der Waals surface area contributed by atoms with Gasteiger partial charge in [0.25, 0.3) is 0 Å². The topological polar surface area (TPSA) is 15.3 Å². The van der Waals surface area contributed by atoms with Gasteiger partial charge in [-0.1, -0.05) is 31.5 Å². The zero-order valence-electron chi connectivity index (χ0n) is 11.9. The Labute approximate surface area is 111 Å². The number of nitrogens with one attached hydrogen (secondary N) is 1. The Morgan fingerprint density at radius 2 is 1.89 bits per heavy atom. The maximum Gasteiger partial charge on any atom is 0.0340 e. The second kappa shape index (κ2) is 6.24. The normalized spacial score (nSPS) is 25.1. The lowest BCUT2D eigenvalue weighted by atomic mass is 9.89. The van der Waals surface area contributed by atoms with E-state index in [-0.39, 0.29) is 0 Å². The van der Waals surface area contributed by atoms with Crippen molar-refractivity contribution < 1.29 is 0 Å². The van der Waals surface area contributed by atoms with Crippen molar-refractivity contribution in [3.05, 3.63) is 29.8 Å². The molecule has 2 rings (SSSR count). The average molecular weight is 246 g/mol. The van der Waals surface area contributed by atoms with E-state index in [1.807, 2.05) is 0 Å². The van der Waals surface area contributed by atoms with E-state index < -0.39 is 0 Å². The van der Waals surface area contributed by atoms with Crippen LogP contribution in [0.15, 0.2) is 24.3 Å². The summed E-state index contributed by atoms with van der Waals surface area (Å²) in [5.74, 6) is 1.74. The molecule has 1 aromatic rings. The average Bonchev–Trinajstić information content (AvgIpc) is 2.36. The molecule has 0 radical (unpaired) electrons. The molecule has 0 saturated carbocycles. The van der Waals surface area contributed by atoms with Crippen LogP contribution in [-0.4, -0.2) is 31.1 Å². The van der Waals surface area contributed by atoms with Crippen molar-refractivity contribution in [1.82, 2.24) is 4.90 Å². The van der Waals surface area contributed by atoms with Gasteiger partial charge in [0.1, 0.15) is 0 Å². The van der Waals surface area contributed by atoms with Crippen LogP contribution in [0.4, 0.5) is 5.69 Å². The number of likely N-dealkylation sites (tertiary alicyclic amines) is 1. The van der Waals surface area contributed by atoms with E-state index in [1.54, 1.807) is 0 Å². The first-order chi connectivity index (χ1) is 8.65. The summed E-state index contributed by atoms with van der Waals surface area (Å²) in [7, 11) is 0. The second-order valence-electron chi connectivity index (χ2n) is 5.84. The Kier molecular flexibility index (Phi) is 4.65. The van der Waals surface area contributed by atoms with Crippen LogP contribution in [0.2, 0.25) is 0 Å². The molecule has 2 atom stereocenters. The zero-order chi connectivity index (χ0) is 13.0. The Bertz CT molecular complexity index is 358. The molecule has 1 saturated heterocycles. The summed E-state index contributed by atoms with van der Waals surface area (Å²) in [6.45, 7) is 11.6. The van der Waals surface area contributed by atoms with Crippen LogP contribution in [0, 0.1) is 18.8 Å². The van der Waals surface area contributed by atoms with Crippen molar-refractivity contribution in [2.45, 2.75) is 27.2 Å². The fourth-order valence-corrected chi connectivity index (χ4v) is 2.58. The number of nitrogens with zero attached hydrogens (tertiary/aromatic N) is 1. The third kappa shape index (κ3) is 3.74. The highest BCUT2D eigenvalue weighted by molar-refractivity contribution is 5.44. The zero-order valence-corrected chi connectivity index (χ0v) is 11.9. The van der Waals surface area contributed by atoms with Crippen molar-refractivity contribution in [2.24, 2.45) is 11.8 Å². The largest absolute Gasteiger partial charge is 0.384 e. The van der Waals surface area contributed by atoms with E-state index in [0.29, 0.717) is 0 Å². The van der Waals surface area contributed by atoms with Gasteiger partial charge in [0.2, 0.25) is 0 Å². The molecule has 18 heavy (non-hydrogen) atoms. The van der Waals surface area contributed by atoms with E-state index in [2.05, 4.69) is 55.3 Å². The first kappa shape index (κ1) is 13.4. The van der Waals surface area contributed by atoms with E-state index in [0.717, 1.165) is 24.9 Å². The van der Waals surface area contributed by atoms with Crippen LogP contribution in [0.1, 0.15) is 25.8 Å². The quantitative estimate of drug-likeness (QED) is 0.876. The van der Waals surface area contributed by atoms with Crippen LogP contribution in [0.25, 0.3) is 0 Å². The maximum atomic E-state index is 3.50. The van der Waals surface area contributed by atoms with Crippen molar-refractivity contribution in [3.8, 4) is 0 Å². The molecule has 2 unspecified atom stereocenters. The number of piperidine rings is 1. The lowest BCUT2D eigenvalue weighted by Crippen LogP contribution is -2.40. The predicted molar refractivity (Wildman–Crippen MR) is 79.1 cm³/mol. The molecule has 1 aliphatic heterocycles. The van der Waals surface area contributed by atoms with Crippen LogP contribution in [0.5, 0.6) is 0 Å². The third-order valence-electron chi connectivity index (χ3n) is 4.23. The summed E-state index contributed by atoms with van der Waals surface area (Å²) < 4.78 is 0. The number of hydrogen-bond donors (Lipinski definition) is 1.